The molecule has 1 atom stereocenters. The third kappa shape index (κ3) is 5.76. The molecule has 1 aliphatic rings. The lowest BCUT2D eigenvalue weighted by Crippen LogP contribution is -2.48. The summed E-state index contributed by atoms with van der Waals surface area (Å²) in [7, 11) is 1.50. The van der Waals surface area contributed by atoms with Crippen LogP contribution in [0.15, 0.2) is 0 Å². The van der Waals surface area contributed by atoms with Crippen LogP contribution in [0, 0.1) is 0 Å². The normalized spacial score (nSPS) is 21.1. The fourth-order valence-corrected chi connectivity index (χ4v) is 1.80. The van der Waals surface area contributed by atoms with E-state index < -0.39 is 18.8 Å². The molecule has 2 amide bonds. The highest BCUT2D eigenvalue weighted by atomic mass is 19.4. The van der Waals surface area contributed by atoms with E-state index in [0.29, 0.717) is 6.54 Å². The predicted octanol–water partition coefficient (Wildman–Crippen LogP) is 1.33. The van der Waals surface area contributed by atoms with Crippen LogP contribution in [-0.4, -0.2) is 49.8 Å². The summed E-state index contributed by atoms with van der Waals surface area (Å²) in [6.07, 6.45) is -1.20. The molecule has 17 heavy (non-hydrogen) atoms. The van der Waals surface area contributed by atoms with Gasteiger partial charge in [0, 0.05) is 19.6 Å². The van der Waals surface area contributed by atoms with Crippen molar-refractivity contribution >= 4 is 6.03 Å². The first-order chi connectivity index (χ1) is 7.88. The van der Waals surface area contributed by atoms with Crippen molar-refractivity contribution in [1.29, 1.82) is 0 Å². The van der Waals surface area contributed by atoms with Crippen LogP contribution >= 0.6 is 0 Å². The zero-order chi connectivity index (χ0) is 12.9. The first kappa shape index (κ1) is 14.1. The van der Waals surface area contributed by atoms with Gasteiger partial charge in [0.15, 0.2) is 0 Å². The Bertz CT molecular complexity index is 252. The van der Waals surface area contributed by atoms with Gasteiger partial charge in [0.1, 0.15) is 6.54 Å². The van der Waals surface area contributed by atoms with E-state index in [-0.39, 0.29) is 6.04 Å². The fraction of sp³-hybridized carbons (Fsp3) is 0.900. The van der Waals surface area contributed by atoms with Crippen LogP contribution in [-0.2, 0) is 0 Å². The molecular formula is C10H18F3N3O. The van der Waals surface area contributed by atoms with Gasteiger partial charge in [-0.05, 0) is 19.4 Å². The summed E-state index contributed by atoms with van der Waals surface area (Å²) in [5.41, 5.74) is 0. The molecule has 0 aromatic carbocycles. The first-order valence-corrected chi connectivity index (χ1v) is 5.67. The summed E-state index contributed by atoms with van der Waals surface area (Å²) >= 11 is 0. The van der Waals surface area contributed by atoms with Gasteiger partial charge in [0.2, 0.25) is 0 Å². The van der Waals surface area contributed by atoms with E-state index in [1.807, 2.05) is 5.32 Å². The molecule has 2 N–H and O–H groups in total. The number of amides is 2. The minimum Gasteiger partial charge on any atom is -0.329 e. The van der Waals surface area contributed by atoms with Gasteiger partial charge in [-0.2, -0.15) is 13.2 Å². The minimum atomic E-state index is -4.36. The third-order valence-corrected chi connectivity index (χ3v) is 2.69. The first-order valence-electron chi connectivity index (χ1n) is 5.67. The number of urea groups is 1. The summed E-state index contributed by atoms with van der Waals surface area (Å²) in [4.78, 5) is 12.6. The Hall–Kier alpha value is -0.980. The van der Waals surface area contributed by atoms with E-state index in [9.17, 15) is 18.0 Å². The zero-order valence-corrected chi connectivity index (χ0v) is 9.81. The van der Waals surface area contributed by atoms with E-state index >= 15 is 0 Å². The number of hydrogen-bond acceptors (Lipinski definition) is 2. The highest BCUT2D eigenvalue weighted by Crippen LogP contribution is 2.12. The van der Waals surface area contributed by atoms with E-state index in [1.165, 1.54) is 11.9 Å². The van der Waals surface area contributed by atoms with Gasteiger partial charge >= 0.3 is 12.2 Å². The molecule has 0 aromatic rings. The van der Waals surface area contributed by atoms with Crippen LogP contribution in [0.25, 0.3) is 0 Å². The molecule has 1 unspecified atom stereocenters. The number of carbonyl (C=O) groups excluding carboxylic acids is 1. The van der Waals surface area contributed by atoms with Gasteiger partial charge in [0.05, 0.1) is 0 Å². The van der Waals surface area contributed by atoms with Gasteiger partial charge in [-0.15, -0.1) is 0 Å². The van der Waals surface area contributed by atoms with Crippen molar-refractivity contribution in [3.8, 4) is 0 Å². The summed E-state index contributed by atoms with van der Waals surface area (Å²) in [6, 6.07) is -0.500. The van der Waals surface area contributed by atoms with Gasteiger partial charge in [-0.25, -0.2) is 4.79 Å². The van der Waals surface area contributed by atoms with E-state index in [2.05, 4.69) is 5.32 Å². The smallest absolute Gasteiger partial charge is 0.329 e. The molecule has 1 aliphatic heterocycles. The molecule has 1 rings (SSSR count). The summed E-state index contributed by atoms with van der Waals surface area (Å²) in [5, 5.41) is 5.08. The molecule has 1 fully saturated rings. The summed E-state index contributed by atoms with van der Waals surface area (Å²) < 4.78 is 35.7. The molecule has 0 radical (unpaired) electrons. The Morgan fingerprint density at radius 3 is 2.71 bits per heavy atom. The number of rotatable bonds is 3. The van der Waals surface area contributed by atoms with Crippen LogP contribution < -0.4 is 10.6 Å². The number of carbonyl (C=O) groups is 1. The lowest BCUT2D eigenvalue weighted by molar-refractivity contribution is -0.123. The number of halogens is 3. The Balaban J connectivity index is 2.26. The second-order valence-corrected chi connectivity index (χ2v) is 4.30. The molecule has 4 nitrogen and oxygen atoms in total. The van der Waals surface area contributed by atoms with E-state index in [1.54, 1.807) is 0 Å². The summed E-state index contributed by atoms with van der Waals surface area (Å²) in [6.45, 7) is 0.0562. The van der Waals surface area contributed by atoms with Crippen molar-refractivity contribution in [2.75, 3.05) is 26.7 Å². The molecule has 100 valence electrons. The number of nitrogens with one attached hydrogen (secondary N) is 2. The van der Waals surface area contributed by atoms with Gasteiger partial charge in [-0.1, -0.05) is 6.42 Å². The third-order valence-electron chi connectivity index (χ3n) is 2.69. The van der Waals surface area contributed by atoms with Gasteiger partial charge < -0.3 is 15.5 Å². The monoisotopic (exact) mass is 253 g/mol. The van der Waals surface area contributed by atoms with Crippen LogP contribution in [0.5, 0.6) is 0 Å². The molecule has 1 saturated heterocycles. The maximum Gasteiger partial charge on any atom is 0.405 e. The highest BCUT2D eigenvalue weighted by molar-refractivity contribution is 5.73. The van der Waals surface area contributed by atoms with Crippen LogP contribution in [0.3, 0.4) is 0 Å². The van der Waals surface area contributed by atoms with Crippen molar-refractivity contribution in [3.63, 3.8) is 0 Å². The largest absolute Gasteiger partial charge is 0.405 e. The lowest BCUT2D eigenvalue weighted by Gasteiger charge is -2.28. The molecule has 0 spiro atoms. The van der Waals surface area contributed by atoms with Crippen molar-refractivity contribution in [1.82, 2.24) is 15.5 Å². The summed E-state index contributed by atoms with van der Waals surface area (Å²) in [5.74, 6) is 0. The molecule has 1 heterocycles. The Kier molecular flexibility index (Phi) is 5.04. The van der Waals surface area contributed by atoms with Crippen molar-refractivity contribution in [2.24, 2.45) is 0 Å². The molecular weight excluding hydrogens is 235 g/mol. The molecule has 0 aliphatic carbocycles. The Morgan fingerprint density at radius 1 is 1.47 bits per heavy atom. The second kappa shape index (κ2) is 6.09. The van der Waals surface area contributed by atoms with E-state index in [0.717, 1.165) is 25.8 Å². The van der Waals surface area contributed by atoms with Gasteiger partial charge in [0.25, 0.3) is 0 Å². The maximum absolute atomic E-state index is 11.9. The Morgan fingerprint density at radius 2 is 2.18 bits per heavy atom. The van der Waals surface area contributed by atoms with Crippen LogP contribution in [0.1, 0.15) is 19.3 Å². The number of likely N-dealkylation sites (N-methyl/N-ethyl adjacent to an activating group) is 1. The quantitative estimate of drug-likeness (QED) is 0.797. The fourth-order valence-electron chi connectivity index (χ4n) is 1.80. The van der Waals surface area contributed by atoms with Crippen molar-refractivity contribution in [3.05, 3.63) is 0 Å². The zero-order valence-electron chi connectivity index (χ0n) is 9.81. The number of nitrogens with zero attached hydrogens (tertiary/aromatic N) is 1. The standard InChI is InChI=1S/C10H18F3N3O/c1-16(6-8-4-2-3-5-14-8)9(17)15-7-10(11,12)13/h8,14H,2-7H2,1H3,(H,15,17). The number of piperidine rings is 1. The Labute approximate surface area is 98.5 Å². The maximum atomic E-state index is 11.9. The number of alkyl halides is 3. The average molecular weight is 253 g/mol. The lowest BCUT2D eigenvalue weighted by atomic mass is 10.0. The number of hydrogen-bond donors (Lipinski definition) is 2. The molecule has 0 aromatic heterocycles. The minimum absolute atomic E-state index is 0.186. The highest BCUT2D eigenvalue weighted by Gasteiger charge is 2.28. The van der Waals surface area contributed by atoms with Crippen molar-refractivity contribution in [2.45, 2.75) is 31.5 Å². The molecule has 0 bridgehead atoms. The van der Waals surface area contributed by atoms with Gasteiger partial charge in [-0.3, -0.25) is 0 Å². The van der Waals surface area contributed by atoms with Crippen LogP contribution in [0.2, 0.25) is 0 Å². The van der Waals surface area contributed by atoms with E-state index in [4.69, 9.17) is 0 Å². The van der Waals surface area contributed by atoms with Crippen LogP contribution in [0.4, 0.5) is 18.0 Å². The predicted molar refractivity (Wildman–Crippen MR) is 57.7 cm³/mol. The second-order valence-electron chi connectivity index (χ2n) is 4.30. The average Bonchev–Trinajstić information content (AvgIpc) is 2.26. The SMILES string of the molecule is CN(CC1CCCCN1)C(=O)NCC(F)(F)F. The van der Waals surface area contributed by atoms with Crippen molar-refractivity contribution < 1.29 is 18.0 Å². The topological polar surface area (TPSA) is 44.4 Å². The molecule has 7 heteroatoms. The molecule has 0 saturated carbocycles.